The zero-order chi connectivity index (χ0) is 17.1. The van der Waals surface area contributed by atoms with Gasteiger partial charge in [-0.05, 0) is 37.3 Å². The normalized spacial score (nSPS) is 11.5. The van der Waals surface area contributed by atoms with Gasteiger partial charge in [0.05, 0.1) is 23.3 Å². The van der Waals surface area contributed by atoms with Crippen LogP contribution in [0.25, 0.3) is 22.8 Å². The van der Waals surface area contributed by atoms with Crippen LogP contribution in [0.4, 0.5) is 4.39 Å². The summed E-state index contributed by atoms with van der Waals surface area (Å²) in [7, 11) is 0. The Labute approximate surface area is 138 Å². The summed E-state index contributed by atoms with van der Waals surface area (Å²) >= 11 is 0. The number of nitrogens with zero attached hydrogens (tertiary/aromatic N) is 4. The van der Waals surface area contributed by atoms with Crippen LogP contribution in [0.15, 0.2) is 72.3 Å². The molecule has 0 aliphatic carbocycles. The average molecular weight is 322 g/mol. The number of benzene rings is 1. The van der Waals surface area contributed by atoms with Crippen LogP contribution in [-0.2, 0) is 0 Å². The lowest BCUT2D eigenvalue weighted by atomic mass is 10.2. The van der Waals surface area contributed by atoms with Gasteiger partial charge in [0.2, 0.25) is 5.43 Å². The summed E-state index contributed by atoms with van der Waals surface area (Å²) in [5, 5.41) is 8.56. The number of rotatable bonds is 4. The summed E-state index contributed by atoms with van der Waals surface area (Å²) in [4.78, 5) is 12.3. The number of hydrogen-bond donors (Lipinski definition) is 0. The molecule has 0 atom stereocenters. The van der Waals surface area contributed by atoms with Crippen LogP contribution in [0.1, 0.15) is 6.92 Å². The van der Waals surface area contributed by atoms with E-state index in [0.717, 1.165) is 5.70 Å². The van der Waals surface area contributed by atoms with Crippen LogP contribution in [-0.4, -0.2) is 19.6 Å². The van der Waals surface area contributed by atoms with E-state index in [0.29, 0.717) is 11.4 Å². The van der Waals surface area contributed by atoms with Gasteiger partial charge in [0.25, 0.3) is 0 Å². The molecule has 0 N–H and O–H groups in total. The number of halogens is 1. The van der Waals surface area contributed by atoms with Crippen LogP contribution in [0, 0.1) is 5.82 Å². The molecular weight excluding hydrogens is 307 g/mol. The van der Waals surface area contributed by atoms with Gasteiger partial charge in [-0.25, -0.2) is 13.8 Å². The van der Waals surface area contributed by atoms with Gasteiger partial charge in [-0.1, -0.05) is 18.7 Å². The van der Waals surface area contributed by atoms with E-state index in [9.17, 15) is 9.18 Å². The van der Waals surface area contributed by atoms with E-state index in [-0.39, 0.29) is 16.9 Å². The maximum absolute atomic E-state index is 13.5. The van der Waals surface area contributed by atoms with E-state index in [1.54, 1.807) is 41.4 Å². The molecule has 2 aromatic heterocycles. The monoisotopic (exact) mass is 322 g/mol. The molecular formula is C18H15FN4O. The minimum absolute atomic E-state index is 0.223. The molecule has 0 aliphatic rings. The highest BCUT2D eigenvalue weighted by Crippen LogP contribution is 2.19. The van der Waals surface area contributed by atoms with Gasteiger partial charge in [0, 0.05) is 12.3 Å². The first-order chi connectivity index (χ1) is 11.6. The lowest BCUT2D eigenvalue weighted by Crippen LogP contribution is -2.15. The molecule has 0 saturated carbocycles. The second-order valence-electron chi connectivity index (χ2n) is 5.00. The fraction of sp³-hybridized carbons (Fsp3) is 0.0556. The fourth-order valence-electron chi connectivity index (χ4n) is 2.37. The molecule has 3 rings (SSSR count). The van der Waals surface area contributed by atoms with Crippen molar-refractivity contribution in [2.75, 3.05) is 0 Å². The Balaban J connectivity index is 2.18. The predicted molar refractivity (Wildman–Crippen MR) is 91.2 cm³/mol. The molecule has 0 amide bonds. The van der Waals surface area contributed by atoms with Crippen LogP contribution in [0.2, 0.25) is 0 Å². The van der Waals surface area contributed by atoms with Crippen molar-refractivity contribution in [3.05, 3.63) is 83.6 Å². The minimum Gasteiger partial charge on any atom is -0.287 e. The highest BCUT2D eigenvalue weighted by molar-refractivity contribution is 5.59. The minimum atomic E-state index is -0.379. The van der Waals surface area contributed by atoms with Crippen molar-refractivity contribution < 1.29 is 4.39 Å². The van der Waals surface area contributed by atoms with Gasteiger partial charge in [-0.3, -0.25) is 4.79 Å². The van der Waals surface area contributed by atoms with Crippen molar-refractivity contribution in [3.8, 4) is 17.1 Å². The summed E-state index contributed by atoms with van der Waals surface area (Å²) in [5.74, 6) is -0.379. The van der Waals surface area contributed by atoms with Gasteiger partial charge >= 0.3 is 0 Å². The molecule has 0 aliphatic heterocycles. The van der Waals surface area contributed by atoms with E-state index in [2.05, 4.69) is 16.8 Å². The molecule has 5 nitrogen and oxygen atoms in total. The molecule has 24 heavy (non-hydrogen) atoms. The SMILES string of the molecule is C=C/C(=C\C)n1ccc(=O)c(-c2ccnn2-c2cccc(F)c2)n1. The van der Waals surface area contributed by atoms with Crippen molar-refractivity contribution in [2.45, 2.75) is 6.92 Å². The summed E-state index contributed by atoms with van der Waals surface area (Å²) < 4.78 is 16.5. The number of aromatic nitrogens is 4. The predicted octanol–water partition coefficient (Wildman–Crippen LogP) is 3.28. The summed E-state index contributed by atoms with van der Waals surface area (Å²) in [5.41, 5.74) is 1.72. The Morgan fingerprint density at radius 3 is 2.83 bits per heavy atom. The van der Waals surface area contributed by atoms with Crippen LogP contribution in [0.5, 0.6) is 0 Å². The molecule has 0 unspecified atom stereocenters. The van der Waals surface area contributed by atoms with E-state index in [1.165, 1.54) is 22.9 Å². The largest absolute Gasteiger partial charge is 0.287 e. The van der Waals surface area contributed by atoms with E-state index >= 15 is 0 Å². The van der Waals surface area contributed by atoms with Gasteiger partial charge < -0.3 is 0 Å². The number of hydrogen-bond acceptors (Lipinski definition) is 3. The van der Waals surface area contributed by atoms with E-state index in [1.807, 2.05) is 13.0 Å². The van der Waals surface area contributed by atoms with Crippen molar-refractivity contribution in [2.24, 2.45) is 0 Å². The van der Waals surface area contributed by atoms with Crippen LogP contribution >= 0.6 is 0 Å². The highest BCUT2D eigenvalue weighted by atomic mass is 19.1. The fourth-order valence-corrected chi connectivity index (χ4v) is 2.37. The molecule has 0 saturated heterocycles. The van der Waals surface area contributed by atoms with Gasteiger partial charge in [-0.15, -0.1) is 0 Å². The Kier molecular flexibility index (Phi) is 4.20. The van der Waals surface area contributed by atoms with Crippen molar-refractivity contribution in [1.29, 1.82) is 0 Å². The standard InChI is InChI=1S/C18H15FN4O/c1-3-14(4-2)22-11-9-17(24)18(21-22)16-8-10-20-23(16)15-7-5-6-13(19)12-15/h3-12H,1H2,2H3/b14-4+. The molecule has 2 heterocycles. The van der Waals surface area contributed by atoms with Crippen molar-refractivity contribution >= 4 is 5.70 Å². The van der Waals surface area contributed by atoms with Gasteiger partial charge in [0.1, 0.15) is 5.82 Å². The molecule has 0 bridgehead atoms. The van der Waals surface area contributed by atoms with E-state index < -0.39 is 0 Å². The van der Waals surface area contributed by atoms with Crippen LogP contribution < -0.4 is 5.43 Å². The molecule has 0 fully saturated rings. The molecule has 1 aromatic carbocycles. The van der Waals surface area contributed by atoms with Gasteiger partial charge in [0.15, 0.2) is 5.69 Å². The smallest absolute Gasteiger partial charge is 0.209 e. The van der Waals surface area contributed by atoms with E-state index in [4.69, 9.17) is 0 Å². The zero-order valence-electron chi connectivity index (χ0n) is 13.1. The first-order valence-corrected chi connectivity index (χ1v) is 7.33. The Morgan fingerprint density at radius 2 is 2.12 bits per heavy atom. The third-order valence-corrected chi connectivity index (χ3v) is 3.52. The quantitative estimate of drug-likeness (QED) is 0.693. The Bertz CT molecular complexity index is 984. The molecule has 0 radical (unpaired) electrons. The molecule has 3 aromatic rings. The molecule has 0 spiro atoms. The summed E-state index contributed by atoms with van der Waals surface area (Å²) in [6.07, 6.45) is 6.60. The average Bonchev–Trinajstić information content (AvgIpc) is 3.07. The molecule has 6 heteroatoms. The first kappa shape index (κ1) is 15.6. The number of allylic oxidation sites excluding steroid dienone is 3. The Morgan fingerprint density at radius 1 is 1.29 bits per heavy atom. The molecule has 120 valence electrons. The maximum Gasteiger partial charge on any atom is 0.209 e. The Hall–Kier alpha value is -3.28. The van der Waals surface area contributed by atoms with Crippen molar-refractivity contribution in [1.82, 2.24) is 19.6 Å². The van der Waals surface area contributed by atoms with Crippen molar-refractivity contribution in [3.63, 3.8) is 0 Å². The zero-order valence-corrected chi connectivity index (χ0v) is 13.1. The first-order valence-electron chi connectivity index (χ1n) is 7.33. The lowest BCUT2D eigenvalue weighted by molar-refractivity contribution is 0.625. The van der Waals surface area contributed by atoms with Crippen LogP contribution in [0.3, 0.4) is 0 Å². The third kappa shape index (κ3) is 2.81. The topological polar surface area (TPSA) is 52.7 Å². The summed E-state index contributed by atoms with van der Waals surface area (Å²) in [6.45, 7) is 5.59. The second kappa shape index (κ2) is 6.45. The third-order valence-electron chi connectivity index (χ3n) is 3.52. The summed E-state index contributed by atoms with van der Waals surface area (Å²) in [6, 6.07) is 9.09. The lowest BCUT2D eigenvalue weighted by Gasteiger charge is -2.10. The second-order valence-corrected chi connectivity index (χ2v) is 5.00. The maximum atomic E-state index is 13.5. The highest BCUT2D eigenvalue weighted by Gasteiger charge is 2.14. The van der Waals surface area contributed by atoms with Gasteiger partial charge in [-0.2, -0.15) is 10.2 Å².